The zero-order valence-corrected chi connectivity index (χ0v) is 12.4. The van der Waals surface area contributed by atoms with Gasteiger partial charge in [0.1, 0.15) is 0 Å². The largest absolute Gasteiger partial charge is 0.385 e. The molecule has 0 aliphatic carbocycles. The van der Waals surface area contributed by atoms with Gasteiger partial charge < -0.3 is 19.7 Å². The van der Waals surface area contributed by atoms with E-state index < -0.39 is 0 Å². The summed E-state index contributed by atoms with van der Waals surface area (Å²) in [5.41, 5.74) is 0. The average molecular weight is 273 g/mol. The molecule has 1 aliphatic rings. The van der Waals surface area contributed by atoms with Crippen molar-refractivity contribution in [3.63, 3.8) is 0 Å². The zero-order chi connectivity index (χ0) is 14.1. The van der Waals surface area contributed by atoms with Gasteiger partial charge in [-0.15, -0.1) is 0 Å². The Morgan fingerprint density at radius 3 is 3.00 bits per heavy atom. The summed E-state index contributed by atoms with van der Waals surface area (Å²) in [6.07, 6.45) is 1.05. The molecule has 1 atom stereocenters. The van der Waals surface area contributed by atoms with Crippen LogP contribution in [0.3, 0.4) is 0 Å². The monoisotopic (exact) mass is 273 g/mol. The minimum atomic E-state index is 0.0848. The third-order valence-electron chi connectivity index (χ3n) is 3.01. The second-order valence-electron chi connectivity index (χ2n) is 5.19. The summed E-state index contributed by atoms with van der Waals surface area (Å²) in [5, 5.41) is 2.91. The maximum Gasteiger partial charge on any atom is 0.234 e. The molecule has 0 aromatic carbocycles. The van der Waals surface area contributed by atoms with Gasteiger partial charge in [0, 0.05) is 39.9 Å². The Balaban J connectivity index is 2.18. The zero-order valence-electron chi connectivity index (χ0n) is 12.4. The van der Waals surface area contributed by atoms with Crippen LogP contribution in [0.1, 0.15) is 6.42 Å². The number of carbonyl (C=O) groups excluding carboxylic acids is 1. The Morgan fingerprint density at radius 1 is 1.53 bits per heavy atom. The van der Waals surface area contributed by atoms with Gasteiger partial charge in [0.05, 0.1) is 19.3 Å². The van der Waals surface area contributed by atoms with Crippen LogP contribution in [0.15, 0.2) is 0 Å². The number of amides is 1. The fraction of sp³-hybridized carbons (Fsp3) is 0.923. The average Bonchev–Trinajstić information content (AvgIpc) is 2.34. The number of likely N-dealkylation sites (N-methyl/N-ethyl adjacent to an activating group) is 1. The second-order valence-corrected chi connectivity index (χ2v) is 5.19. The summed E-state index contributed by atoms with van der Waals surface area (Å²) >= 11 is 0. The molecule has 0 spiro atoms. The predicted molar refractivity (Wildman–Crippen MR) is 74.2 cm³/mol. The van der Waals surface area contributed by atoms with Crippen molar-refractivity contribution in [3.8, 4) is 0 Å². The molecule has 0 aromatic rings. The maximum atomic E-state index is 11.8. The van der Waals surface area contributed by atoms with E-state index >= 15 is 0 Å². The number of carbonyl (C=O) groups is 1. The lowest BCUT2D eigenvalue weighted by atomic mass is 10.2. The van der Waals surface area contributed by atoms with Gasteiger partial charge in [-0.1, -0.05) is 0 Å². The number of hydrogen-bond donors (Lipinski definition) is 1. The highest BCUT2D eigenvalue weighted by molar-refractivity contribution is 5.77. The van der Waals surface area contributed by atoms with Crippen LogP contribution in [0.4, 0.5) is 0 Å². The molecule has 6 nitrogen and oxygen atoms in total. The lowest BCUT2D eigenvalue weighted by Gasteiger charge is -2.33. The van der Waals surface area contributed by atoms with Crippen LogP contribution in [0.5, 0.6) is 0 Å². The predicted octanol–water partition coefficient (Wildman–Crippen LogP) is -0.598. The summed E-state index contributed by atoms with van der Waals surface area (Å²) in [7, 11) is 5.73. The molecule has 0 saturated carbocycles. The molecule has 0 bridgehead atoms. The van der Waals surface area contributed by atoms with Gasteiger partial charge in [-0.25, -0.2) is 0 Å². The minimum absolute atomic E-state index is 0.0848. The van der Waals surface area contributed by atoms with Crippen molar-refractivity contribution >= 4 is 5.91 Å². The molecule has 1 heterocycles. The third kappa shape index (κ3) is 7.47. The number of methoxy groups -OCH3 is 1. The summed E-state index contributed by atoms with van der Waals surface area (Å²) in [6.45, 7) is 5.07. The van der Waals surface area contributed by atoms with Crippen LogP contribution in [0, 0.1) is 0 Å². The van der Waals surface area contributed by atoms with E-state index in [-0.39, 0.29) is 12.0 Å². The molecule has 1 aliphatic heterocycles. The molecule has 1 saturated heterocycles. The number of hydrogen-bond acceptors (Lipinski definition) is 5. The van der Waals surface area contributed by atoms with Crippen molar-refractivity contribution in [2.45, 2.75) is 12.5 Å². The Bertz CT molecular complexity index is 262. The normalized spacial score (nSPS) is 20.7. The fourth-order valence-electron chi connectivity index (χ4n) is 2.15. The van der Waals surface area contributed by atoms with Crippen molar-refractivity contribution in [3.05, 3.63) is 0 Å². The van der Waals surface area contributed by atoms with Gasteiger partial charge >= 0.3 is 0 Å². The smallest absolute Gasteiger partial charge is 0.234 e. The first-order valence-electron chi connectivity index (χ1n) is 6.86. The van der Waals surface area contributed by atoms with Gasteiger partial charge in [-0.05, 0) is 20.5 Å². The molecule has 0 aromatic heterocycles. The molecule has 0 radical (unpaired) electrons. The molecule has 19 heavy (non-hydrogen) atoms. The van der Waals surface area contributed by atoms with E-state index in [0.717, 1.165) is 26.1 Å². The van der Waals surface area contributed by atoms with Crippen LogP contribution in [0.2, 0.25) is 0 Å². The minimum Gasteiger partial charge on any atom is -0.385 e. The Hall–Kier alpha value is -0.690. The first-order chi connectivity index (χ1) is 9.11. The molecule has 1 fully saturated rings. The molecule has 1 unspecified atom stereocenters. The molecular formula is C13H27N3O3. The van der Waals surface area contributed by atoms with Crippen molar-refractivity contribution in [2.75, 3.05) is 67.1 Å². The number of rotatable bonds is 8. The number of morpholine rings is 1. The van der Waals surface area contributed by atoms with E-state index in [9.17, 15) is 4.79 Å². The van der Waals surface area contributed by atoms with E-state index in [1.165, 1.54) is 0 Å². The van der Waals surface area contributed by atoms with Gasteiger partial charge in [0.2, 0.25) is 5.91 Å². The first-order valence-corrected chi connectivity index (χ1v) is 6.86. The van der Waals surface area contributed by atoms with Gasteiger partial charge in [-0.3, -0.25) is 9.69 Å². The lowest BCUT2D eigenvalue weighted by molar-refractivity contribution is -0.124. The van der Waals surface area contributed by atoms with Crippen molar-refractivity contribution in [2.24, 2.45) is 0 Å². The Labute approximate surface area is 116 Å². The summed E-state index contributed by atoms with van der Waals surface area (Å²) in [4.78, 5) is 16.0. The SMILES string of the molecule is COCCCNC(=O)CN1CCOC(CN(C)C)C1. The maximum absolute atomic E-state index is 11.8. The van der Waals surface area contributed by atoms with Crippen LogP contribution >= 0.6 is 0 Å². The van der Waals surface area contributed by atoms with E-state index in [4.69, 9.17) is 9.47 Å². The number of nitrogens with zero attached hydrogens (tertiary/aromatic N) is 2. The fourth-order valence-corrected chi connectivity index (χ4v) is 2.15. The molecular weight excluding hydrogens is 246 g/mol. The lowest BCUT2D eigenvalue weighted by Crippen LogP contribution is -2.49. The van der Waals surface area contributed by atoms with Crippen molar-refractivity contribution in [1.82, 2.24) is 15.1 Å². The first kappa shape index (κ1) is 16.4. The molecule has 1 amide bonds. The van der Waals surface area contributed by atoms with Crippen LogP contribution < -0.4 is 5.32 Å². The summed E-state index contributed by atoms with van der Waals surface area (Å²) in [6, 6.07) is 0. The molecule has 1 rings (SSSR count). The van der Waals surface area contributed by atoms with E-state index in [1.807, 2.05) is 14.1 Å². The second kappa shape index (κ2) is 9.25. The van der Waals surface area contributed by atoms with Gasteiger partial charge in [0.25, 0.3) is 0 Å². The van der Waals surface area contributed by atoms with E-state index in [1.54, 1.807) is 7.11 Å². The summed E-state index contributed by atoms with van der Waals surface area (Å²) in [5.74, 6) is 0.0848. The highest BCUT2D eigenvalue weighted by atomic mass is 16.5. The standard InChI is InChI=1S/C13H27N3O3/c1-15(2)9-12-10-16(6-8-19-12)11-13(17)14-5-4-7-18-3/h12H,4-11H2,1-3H3,(H,14,17). The highest BCUT2D eigenvalue weighted by Crippen LogP contribution is 2.05. The van der Waals surface area contributed by atoms with Gasteiger partial charge in [0.15, 0.2) is 0 Å². The molecule has 1 N–H and O–H groups in total. The Kier molecular flexibility index (Phi) is 7.97. The summed E-state index contributed by atoms with van der Waals surface area (Å²) < 4.78 is 10.6. The molecule has 6 heteroatoms. The van der Waals surface area contributed by atoms with Crippen LogP contribution in [-0.4, -0.2) is 89.0 Å². The van der Waals surface area contributed by atoms with Crippen LogP contribution in [-0.2, 0) is 14.3 Å². The highest BCUT2D eigenvalue weighted by Gasteiger charge is 2.22. The van der Waals surface area contributed by atoms with E-state index in [2.05, 4.69) is 15.1 Å². The quantitative estimate of drug-likeness (QED) is 0.599. The van der Waals surface area contributed by atoms with Gasteiger partial charge in [-0.2, -0.15) is 0 Å². The van der Waals surface area contributed by atoms with Crippen LogP contribution in [0.25, 0.3) is 0 Å². The molecule has 112 valence electrons. The number of nitrogens with one attached hydrogen (secondary N) is 1. The van der Waals surface area contributed by atoms with E-state index in [0.29, 0.717) is 26.3 Å². The van der Waals surface area contributed by atoms with Crippen molar-refractivity contribution in [1.29, 1.82) is 0 Å². The Morgan fingerprint density at radius 2 is 2.32 bits per heavy atom. The topological polar surface area (TPSA) is 54.0 Å². The number of ether oxygens (including phenoxy) is 2. The third-order valence-corrected chi connectivity index (χ3v) is 3.01. The van der Waals surface area contributed by atoms with Crippen molar-refractivity contribution < 1.29 is 14.3 Å².